The summed E-state index contributed by atoms with van der Waals surface area (Å²) >= 11 is 0. The van der Waals surface area contributed by atoms with E-state index < -0.39 is 24.0 Å². The van der Waals surface area contributed by atoms with Crippen LogP contribution in [0.1, 0.15) is 11.1 Å². The predicted octanol–water partition coefficient (Wildman–Crippen LogP) is 1.75. The van der Waals surface area contributed by atoms with E-state index in [9.17, 15) is 13.6 Å². The van der Waals surface area contributed by atoms with Crippen LogP contribution >= 0.6 is 0 Å². The number of carbonyl (C=O) groups excluding carboxylic acids is 1. The maximum absolute atomic E-state index is 13.4. The molecule has 1 N–H and O–H groups in total. The fourth-order valence-corrected chi connectivity index (χ4v) is 1.70. The minimum absolute atomic E-state index is 0.0664. The Hall–Kier alpha value is -2.75. The van der Waals surface area contributed by atoms with E-state index in [0.29, 0.717) is 0 Å². The molecule has 1 heterocycles. The Morgan fingerprint density at radius 1 is 1.45 bits per heavy atom. The largest absolute Gasteiger partial charge is 0.308 e. The number of hydrogen-bond acceptors (Lipinski definition) is 3. The molecule has 0 aliphatic rings. The number of nitrogens with zero attached hydrogens (tertiary/aromatic N) is 3. The molecule has 102 valence electrons. The molecule has 0 aliphatic heterocycles. The molecule has 0 unspecified atom stereocenters. The molecule has 5 nitrogen and oxygen atoms in total. The first-order chi connectivity index (χ1) is 9.51. The van der Waals surface area contributed by atoms with Crippen LogP contribution in [0.15, 0.2) is 24.4 Å². The van der Waals surface area contributed by atoms with Gasteiger partial charge in [0.1, 0.15) is 23.3 Å². The molecular weight excluding hydrogens is 266 g/mol. The molecular formula is C13H10F2N4O. The number of anilines is 1. The van der Waals surface area contributed by atoms with Crippen LogP contribution < -0.4 is 5.32 Å². The maximum atomic E-state index is 13.4. The summed E-state index contributed by atoms with van der Waals surface area (Å²) < 4.78 is 28.2. The van der Waals surface area contributed by atoms with Gasteiger partial charge in [-0.3, -0.25) is 9.48 Å². The maximum Gasteiger partial charge on any atom is 0.230 e. The monoisotopic (exact) mass is 276 g/mol. The Bertz CT molecular complexity index is 683. The molecule has 2 rings (SSSR count). The molecule has 0 saturated carbocycles. The van der Waals surface area contributed by atoms with Crippen molar-refractivity contribution in [3.63, 3.8) is 0 Å². The van der Waals surface area contributed by atoms with E-state index in [1.54, 1.807) is 7.05 Å². The molecule has 1 aromatic heterocycles. The summed E-state index contributed by atoms with van der Waals surface area (Å²) in [5.74, 6) is -2.16. The topological polar surface area (TPSA) is 70.7 Å². The van der Waals surface area contributed by atoms with E-state index in [1.165, 1.54) is 16.9 Å². The number of amides is 1. The van der Waals surface area contributed by atoms with Crippen molar-refractivity contribution in [3.05, 3.63) is 47.2 Å². The van der Waals surface area contributed by atoms with Crippen LogP contribution in [0, 0.1) is 23.0 Å². The van der Waals surface area contributed by atoms with Gasteiger partial charge < -0.3 is 5.32 Å². The number of rotatable bonds is 3. The standard InChI is InChI=1S/C13H10F2N4O/c1-19-7-8(6-16)13(18-19)17-12(20)5-9-10(14)3-2-4-11(9)15/h2-4,7H,5H2,1H3,(H,17,18,20). The summed E-state index contributed by atoms with van der Waals surface area (Å²) in [5, 5.41) is 15.1. The van der Waals surface area contributed by atoms with Gasteiger partial charge in [0.05, 0.1) is 6.42 Å². The molecule has 0 aliphatic carbocycles. The lowest BCUT2D eigenvalue weighted by Crippen LogP contribution is -2.17. The van der Waals surface area contributed by atoms with Gasteiger partial charge in [0.15, 0.2) is 5.82 Å². The summed E-state index contributed by atoms with van der Waals surface area (Å²) in [4.78, 5) is 11.8. The zero-order chi connectivity index (χ0) is 14.7. The fraction of sp³-hybridized carbons (Fsp3) is 0.154. The van der Waals surface area contributed by atoms with Crippen LogP contribution in [0.5, 0.6) is 0 Å². The zero-order valence-corrected chi connectivity index (χ0v) is 10.5. The molecule has 2 aromatic rings. The van der Waals surface area contributed by atoms with Crippen molar-refractivity contribution < 1.29 is 13.6 Å². The van der Waals surface area contributed by atoms with Gasteiger partial charge in [0.25, 0.3) is 0 Å². The third-order valence-electron chi connectivity index (χ3n) is 2.61. The van der Waals surface area contributed by atoms with Crippen LogP contribution in [0.3, 0.4) is 0 Å². The Balaban J connectivity index is 2.16. The van der Waals surface area contributed by atoms with Crippen molar-refractivity contribution in [2.75, 3.05) is 5.32 Å². The van der Waals surface area contributed by atoms with Crippen molar-refractivity contribution in [2.45, 2.75) is 6.42 Å². The van der Waals surface area contributed by atoms with Gasteiger partial charge in [-0.25, -0.2) is 8.78 Å². The summed E-state index contributed by atoms with van der Waals surface area (Å²) in [6, 6.07) is 5.24. The minimum atomic E-state index is -0.790. The van der Waals surface area contributed by atoms with Crippen LogP contribution in [-0.4, -0.2) is 15.7 Å². The number of aromatic nitrogens is 2. The third kappa shape index (κ3) is 2.80. The summed E-state index contributed by atoms with van der Waals surface area (Å²) in [6.45, 7) is 0. The van der Waals surface area contributed by atoms with Gasteiger partial charge in [-0.2, -0.15) is 10.4 Å². The number of halogens is 2. The van der Waals surface area contributed by atoms with Crippen molar-refractivity contribution in [1.82, 2.24) is 9.78 Å². The number of carbonyl (C=O) groups is 1. The van der Waals surface area contributed by atoms with Gasteiger partial charge >= 0.3 is 0 Å². The van der Waals surface area contributed by atoms with E-state index in [4.69, 9.17) is 5.26 Å². The average molecular weight is 276 g/mol. The van der Waals surface area contributed by atoms with Crippen LogP contribution in [0.4, 0.5) is 14.6 Å². The van der Waals surface area contributed by atoms with Crippen molar-refractivity contribution in [3.8, 4) is 6.07 Å². The molecule has 0 atom stereocenters. The molecule has 0 bridgehead atoms. The first-order valence-electron chi connectivity index (χ1n) is 5.67. The quantitative estimate of drug-likeness (QED) is 0.928. The minimum Gasteiger partial charge on any atom is -0.308 e. The Labute approximate surface area is 113 Å². The number of aryl methyl sites for hydroxylation is 1. The number of benzene rings is 1. The van der Waals surface area contributed by atoms with Gasteiger partial charge in [0, 0.05) is 18.8 Å². The lowest BCUT2D eigenvalue weighted by Gasteiger charge is -2.05. The summed E-state index contributed by atoms with van der Waals surface area (Å²) in [7, 11) is 1.59. The molecule has 20 heavy (non-hydrogen) atoms. The number of hydrogen-bond donors (Lipinski definition) is 1. The molecule has 0 fully saturated rings. The summed E-state index contributed by atoms with van der Waals surface area (Å²) in [5.41, 5.74) is -0.144. The highest BCUT2D eigenvalue weighted by Gasteiger charge is 2.15. The second kappa shape index (κ2) is 5.48. The summed E-state index contributed by atoms with van der Waals surface area (Å²) in [6.07, 6.45) is 0.958. The average Bonchev–Trinajstić information content (AvgIpc) is 2.74. The predicted molar refractivity (Wildman–Crippen MR) is 66.6 cm³/mol. The lowest BCUT2D eigenvalue weighted by atomic mass is 10.1. The highest BCUT2D eigenvalue weighted by molar-refractivity contribution is 5.92. The highest BCUT2D eigenvalue weighted by Crippen LogP contribution is 2.15. The van der Waals surface area contributed by atoms with Gasteiger partial charge in [-0.05, 0) is 12.1 Å². The van der Waals surface area contributed by atoms with E-state index in [0.717, 1.165) is 12.1 Å². The Morgan fingerprint density at radius 3 is 2.70 bits per heavy atom. The second-order valence-corrected chi connectivity index (χ2v) is 4.10. The van der Waals surface area contributed by atoms with Gasteiger partial charge in [-0.1, -0.05) is 6.07 Å². The van der Waals surface area contributed by atoms with Crippen LogP contribution in [-0.2, 0) is 18.3 Å². The van der Waals surface area contributed by atoms with E-state index >= 15 is 0 Å². The fourth-order valence-electron chi connectivity index (χ4n) is 1.70. The number of nitriles is 1. The molecule has 1 aromatic carbocycles. The van der Waals surface area contributed by atoms with E-state index in [1.807, 2.05) is 6.07 Å². The van der Waals surface area contributed by atoms with E-state index in [2.05, 4.69) is 10.4 Å². The molecule has 0 radical (unpaired) electrons. The SMILES string of the molecule is Cn1cc(C#N)c(NC(=O)Cc2c(F)cccc2F)n1. The third-order valence-corrected chi connectivity index (χ3v) is 2.61. The van der Waals surface area contributed by atoms with Crippen LogP contribution in [0.25, 0.3) is 0 Å². The van der Waals surface area contributed by atoms with Crippen molar-refractivity contribution in [1.29, 1.82) is 5.26 Å². The normalized spacial score (nSPS) is 10.1. The smallest absolute Gasteiger partial charge is 0.230 e. The lowest BCUT2D eigenvalue weighted by molar-refractivity contribution is -0.115. The Kier molecular flexibility index (Phi) is 3.75. The zero-order valence-electron chi connectivity index (χ0n) is 10.5. The first-order valence-corrected chi connectivity index (χ1v) is 5.67. The molecule has 0 saturated heterocycles. The Morgan fingerprint density at radius 2 is 2.10 bits per heavy atom. The van der Waals surface area contributed by atoms with Crippen molar-refractivity contribution in [2.24, 2.45) is 7.05 Å². The van der Waals surface area contributed by atoms with Crippen LogP contribution in [0.2, 0.25) is 0 Å². The molecule has 0 spiro atoms. The first kappa shape index (κ1) is 13.7. The van der Waals surface area contributed by atoms with Crippen molar-refractivity contribution >= 4 is 11.7 Å². The highest BCUT2D eigenvalue weighted by atomic mass is 19.1. The number of nitrogens with one attached hydrogen (secondary N) is 1. The van der Waals surface area contributed by atoms with Gasteiger partial charge in [0.2, 0.25) is 5.91 Å². The molecule has 1 amide bonds. The van der Waals surface area contributed by atoms with Gasteiger partial charge in [-0.15, -0.1) is 0 Å². The molecule has 7 heteroatoms. The second-order valence-electron chi connectivity index (χ2n) is 4.10. The van der Waals surface area contributed by atoms with E-state index in [-0.39, 0.29) is 16.9 Å².